The summed E-state index contributed by atoms with van der Waals surface area (Å²) in [4.78, 5) is 10.4. The lowest BCUT2D eigenvalue weighted by Crippen LogP contribution is -2.06. The van der Waals surface area contributed by atoms with Crippen LogP contribution in [0.5, 0.6) is 0 Å². The number of carbonyl (C=O) groups is 1. The summed E-state index contributed by atoms with van der Waals surface area (Å²) in [5, 5.41) is 0.536. The normalized spacial score (nSPS) is 8.77. The van der Waals surface area contributed by atoms with E-state index < -0.39 is 5.91 Å². The molecule has 0 aliphatic carbocycles. The molecule has 1 aromatic rings. The van der Waals surface area contributed by atoms with Crippen molar-refractivity contribution in [1.29, 1.82) is 0 Å². The first-order valence-electron chi connectivity index (χ1n) is 3.68. The minimum atomic E-state index is -0.653. The molecule has 2 N–H and O–H groups in total. The van der Waals surface area contributed by atoms with Gasteiger partial charge in [-0.3, -0.25) is 4.79 Å². The molecule has 0 unspecified atom stereocenters. The molecule has 0 saturated carbocycles. The third-order valence-corrected chi connectivity index (χ3v) is 1.85. The Morgan fingerprint density at radius 2 is 2.23 bits per heavy atom. The van der Waals surface area contributed by atoms with E-state index in [9.17, 15) is 4.79 Å². The number of primary amides is 1. The third-order valence-electron chi connectivity index (χ3n) is 1.53. The van der Waals surface area contributed by atoms with Gasteiger partial charge in [0, 0.05) is 11.5 Å². The highest BCUT2D eigenvalue weighted by Crippen LogP contribution is 2.17. The molecule has 13 heavy (non-hydrogen) atoms. The van der Waals surface area contributed by atoms with E-state index in [1.165, 1.54) is 0 Å². The number of hydrogen-bond acceptors (Lipinski definition) is 1. The summed E-state index contributed by atoms with van der Waals surface area (Å²) in [6.45, 7) is 1.87. The van der Waals surface area contributed by atoms with Crippen LogP contribution in [0.15, 0.2) is 18.2 Å². The Morgan fingerprint density at radius 1 is 1.54 bits per heavy atom. The van der Waals surface area contributed by atoms with Crippen molar-refractivity contribution in [3.8, 4) is 11.8 Å². The second-order valence-electron chi connectivity index (χ2n) is 2.55. The van der Waals surface area contributed by atoms with Gasteiger partial charge in [-0.15, -0.1) is 0 Å². The van der Waals surface area contributed by atoms with Gasteiger partial charge in [0.2, 0.25) is 0 Å². The first-order chi connectivity index (χ1) is 6.11. The summed E-state index contributed by atoms with van der Waals surface area (Å²) >= 11 is 5.86. The monoisotopic (exact) mass is 193 g/mol. The van der Waals surface area contributed by atoms with Crippen LogP contribution in [0.25, 0.3) is 0 Å². The van der Waals surface area contributed by atoms with Crippen molar-refractivity contribution in [2.45, 2.75) is 6.92 Å². The smallest absolute Gasteiger partial charge is 0.293 e. The molecule has 0 heterocycles. The molecule has 1 aromatic carbocycles. The van der Waals surface area contributed by atoms with Gasteiger partial charge in [0.05, 0.1) is 5.02 Å². The van der Waals surface area contributed by atoms with Crippen molar-refractivity contribution < 1.29 is 4.79 Å². The molecule has 2 nitrogen and oxygen atoms in total. The van der Waals surface area contributed by atoms with Crippen LogP contribution in [0.4, 0.5) is 0 Å². The molecule has 0 aromatic heterocycles. The van der Waals surface area contributed by atoms with Gasteiger partial charge in [0.1, 0.15) is 0 Å². The highest BCUT2D eigenvalue weighted by molar-refractivity contribution is 6.31. The van der Waals surface area contributed by atoms with Crippen LogP contribution in [0.3, 0.4) is 0 Å². The minimum absolute atomic E-state index is 0.536. The average molecular weight is 194 g/mol. The minimum Gasteiger partial charge on any atom is -0.359 e. The van der Waals surface area contributed by atoms with Crippen LogP contribution >= 0.6 is 11.6 Å². The standard InChI is InChI=1S/C10H8ClNO/c1-7-3-2-4-9(11)8(7)5-6-10(12)13/h2-4H,1H3,(H2,12,13). The van der Waals surface area contributed by atoms with E-state index >= 15 is 0 Å². The third kappa shape index (κ3) is 2.50. The van der Waals surface area contributed by atoms with Crippen LogP contribution < -0.4 is 5.73 Å². The van der Waals surface area contributed by atoms with E-state index in [1.54, 1.807) is 6.07 Å². The van der Waals surface area contributed by atoms with Gasteiger partial charge < -0.3 is 5.73 Å². The van der Waals surface area contributed by atoms with Crippen LogP contribution in [0.2, 0.25) is 5.02 Å². The molecule has 0 aliphatic rings. The topological polar surface area (TPSA) is 43.1 Å². The molecule has 0 atom stereocenters. The quantitative estimate of drug-likeness (QED) is 0.624. The predicted octanol–water partition coefficient (Wildman–Crippen LogP) is 1.49. The zero-order chi connectivity index (χ0) is 9.84. The molecule has 0 saturated heterocycles. The van der Waals surface area contributed by atoms with Crippen LogP contribution in [-0.4, -0.2) is 5.91 Å². The summed E-state index contributed by atoms with van der Waals surface area (Å²) in [5.74, 6) is 4.22. The lowest BCUT2D eigenvalue weighted by Gasteiger charge is -1.98. The number of nitrogens with two attached hydrogens (primary N) is 1. The number of benzene rings is 1. The molecular formula is C10H8ClNO. The van der Waals surface area contributed by atoms with Gasteiger partial charge in [-0.25, -0.2) is 0 Å². The van der Waals surface area contributed by atoms with Gasteiger partial charge in [0.15, 0.2) is 0 Å². The second-order valence-corrected chi connectivity index (χ2v) is 2.95. The first kappa shape index (κ1) is 9.63. The number of aryl methyl sites for hydroxylation is 1. The number of carbonyl (C=O) groups excluding carboxylic acids is 1. The molecule has 0 spiro atoms. The Bertz CT molecular complexity index is 381. The molecule has 1 rings (SSSR count). The Morgan fingerprint density at radius 3 is 2.77 bits per heavy atom. The summed E-state index contributed by atoms with van der Waals surface area (Å²) in [6.07, 6.45) is 0. The first-order valence-corrected chi connectivity index (χ1v) is 4.05. The van der Waals surface area contributed by atoms with E-state index in [4.69, 9.17) is 17.3 Å². The average Bonchev–Trinajstić information content (AvgIpc) is 2.03. The lowest BCUT2D eigenvalue weighted by atomic mass is 10.1. The van der Waals surface area contributed by atoms with Gasteiger partial charge >= 0.3 is 0 Å². The fourth-order valence-corrected chi connectivity index (χ4v) is 1.18. The van der Waals surface area contributed by atoms with Gasteiger partial charge in [0.25, 0.3) is 5.91 Å². The zero-order valence-electron chi connectivity index (χ0n) is 7.10. The molecule has 0 bridgehead atoms. The number of hydrogen-bond donors (Lipinski definition) is 1. The van der Waals surface area contributed by atoms with Crippen LogP contribution in [0.1, 0.15) is 11.1 Å². The summed E-state index contributed by atoms with van der Waals surface area (Å²) in [6, 6.07) is 5.42. The fraction of sp³-hybridized carbons (Fsp3) is 0.100. The van der Waals surface area contributed by atoms with E-state index in [1.807, 2.05) is 19.1 Å². The highest BCUT2D eigenvalue weighted by atomic mass is 35.5. The molecule has 0 aliphatic heterocycles. The number of amides is 1. The maximum absolute atomic E-state index is 10.4. The van der Waals surface area contributed by atoms with E-state index in [0.29, 0.717) is 10.6 Å². The SMILES string of the molecule is Cc1cccc(Cl)c1C#CC(N)=O. The van der Waals surface area contributed by atoms with Gasteiger partial charge in [-0.1, -0.05) is 29.7 Å². The van der Waals surface area contributed by atoms with Crippen LogP contribution in [-0.2, 0) is 4.79 Å². The Kier molecular flexibility index (Phi) is 2.94. The highest BCUT2D eigenvalue weighted by Gasteiger charge is 1.99. The van der Waals surface area contributed by atoms with E-state index in [2.05, 4.69) is 11.8 Å². The van der Waals surface area contributed by atoms with Crippen molar-refractivity contribution in [3.05, 3.63) is 34.3 Å². The van der Waals surface area contributed by atoms with Crippen molar-refractivity contribution in [3.63, 3.8) is 0 Å². The molecule has 0 radical (unpaired) electrons. The molecule has 66 valence electrons. The van der Waals surface area contributed by atoms with Gasteiger partial charge in [-0.2, -0.15) is 0 Å². The Hall–Kier alpha value is -1.46. The molecule has 1 amide bonds. The van der Waals surface area contributed by atoms with Crippen molar-refractivity contribution in [2.75, 3.05) is 0 Å². The second kappa shape index (κ2) is 3.97. The Labute approximate surface area is 81.7 Å². The number of rotatable bonds is 0. The van der Waals surface area contributed by atoms with Crippen molar-refractivity contribution >= 4 is 17.5 Å². The van der Waals surface area contributed by atoms with Crippen LogP contribution in [0, 0.1) is 18.8 Å². The lowest BCUT2D eigenvalue weighted by molar-refractivity contribution is -0.112. The predicted molar refractivity (Wildman–Crippen MR) is 52.3 cm³/mol. The Balaban J connectivity index is 3.16. The molecule has 0 fully saturated rings. The van der Waals surface area contributed by atoms with Gasteiger partial charge in [-0.05, 0) is 18.6 Å². The van der Waals surface area contributed by atoms with E-state index in [-0.39, 0.29) is 0 Å². The van der Waals surface area contributed by atoms with Crippen molar-refractivity contribution in [2.24, 2.45) is 5.73 Å². The largest absolute Gasteiger partial charge is 0.359 e. The summed E-state index contributed by atoms with van der Waals surface area (Å²) < 4.78 is 0. The maximum Gasteiger partial charge on any atom is 0.293 e. The fourth-order valence-electron chi connectivity index (χ4n) is 0.914. The zero-order valence-corrected chi connectivity index (χ0v) is 7.85. The summed E-state index contributed by atoms with van der Waals surface area (Å²) in [7, 11) is 0. The number of halogens is 1. The van der Waals surface area contributed by atoms with E-state index in [0.717, 1.165) is 5.56 Å². The summed E-state index contributed by atoms with van der Waals surface area (Å²) in [5.41, 5.74) is 6.47. The molecule has 3 heteroatoms. The molecular weight excluding hydrogens is 186 g/mol. The van der Waals surface area contributed by atoms with Crippen molar-refractivity contribution in [1.82, 2.24) is 0 Å². The maximum atomic E-state index is 10.4.